The second kappa shape index (κ2) is 18.0. The summed E-state index contributed by atoms with van der Waals surface area (Å²) < 4.78 is 36.3. The molecule has 8 heteroatoms. The van der Waals surface area contributed by atoms with Crippen LogP contribution in [-0.4, -0.2) is 84.1 Å². The third-order valence-electron chi connectivity index (χ3n) is 4.65. The third kappa shape index (κ3) is 14.8. The Balaban J connectivity index is 3.77. The van der Waals surface area contributed by atoms with E-state index in [9.17, 15) is 9.18 Å². The van der Waals surface area contributed by atoms with Crippen LogP contribution in [-0.2, 0) is 23.7 Å². The molecule has 0 saturated carbocycles. The van der Waals surface area contributed by atoms with Crippen LogP contribution in [0.15, 0.2) is 0 Å². The van der Waals surface area contributed by atoms with Gasteiger partial charge in [0.1, 0.15) is 6.17 Å². The van der Waals surface area contributed by atoms with Crippen LogP contribution in [0.1, 0.15) is 47.0 Å². The summed E-state index contributed by atoms with van der Waals surface area (Å²) in [4.78, 5) is 12.1. The van der Waals surface area contributed by atoms with Crippen LogP contribution in [0.3, 0.4) is 0 Å². The summed E-state index contributed by atoms with van der Waals surface area (Å²) in [5, 5.41) is 5.71. The van der Waals surface area contributed by atoms with Gasteiger partial charge in [0.15, 0.2) is 0 Å². The highest BCUT2D eigenvalue weighted by atomic mass is 19.1. The molecule has 0 saturated heterocycles. The van der Waals surface area contributed by atoms with E-state index in [-0.39, 0.29) is 25.0 Å². The van der Waals surface area contributed by atoms with Crippen molar-refractivity contribution in [3.63, 3.8) is 0 Å². The predicted octanol–water partition coefficient (Wildman–Crippen LogP) is 2.33. The highest BCUT2D eigenvalue weighted by molar-refractivity contribution is 5.78. The summed E-state index contributed by atoms with van der Waals surface area (Å²) in [5.74, 6) is -0.129. The molecule has 0 radical (unpaired) electrons. The standard InChI is InChI=1S/C21H43FN2O5/c1-6-8-18(7-2)20(25)24-17-19(22)21(3,4)29-16-15-28-14-13-27-12-11-26-10-9-23-5/h18-19,23H,6-17H2,1-5H3,(H,24,25). The fraction of sp³-hybridized carbons (Fsp3) is 0.952. The van der Waals surface area contributed by atoms with Gasteiger partial charge < -0.3 is 29.6 Å². The van der Waals surface area contributed by atoms with Crippen molar-refractivity contribution in [1.82, 2.24) is 10.6 Å². The van der Waals surface area contributed by atoms with E-state index in [1.807, 2.05) is 20.9 Å². The molecule has 2 N–H and O–H groups in total. The van der Waals surface area contributed by atoms with Gasteiger partial charge in [0.2, 0.25) is 5.91 Å². The van der Waals surface area contributed by atoms with E-state index in [4.69, 9.17) is 18.9 Å². The molecule has 0 aliphatic carbocycles. The summed E-state index contributed by atoms with van der Waals surface area (Å²) in [6.07, 6.45) is 1.23. The molecule has 0 heterocycles. The van der Waals surface area contributed by atoms with Crippen LogP contribution in [0.2, 0.25) is 0 Å². The Kier molecular flexibility index (Phi) is 17.5. The molecular weight excluding hydrogens is 379 g/mol. The van der Waals surface area contributed by atoms with E-state index in [2.05, 4.69) is 10.6 Å². The Labute approximate surface area is 176 Å². The van der Waals surface area contributed by atoms with E-state index in [1.165, 1.54) is 0 Å². The molecule has 0 aliphatic heterocycles. The molecule has 29 heavy (non-hydrogen) atoms. The quantitative estimate of drug-likeness (QED) is 0.293. The van der Waals surface area contributed by atoms with Crippen molar-refractivity contribution in [2.75, 3.05) is 66.4 Å². The topological polar surface area (TPSA) is 78.1 Å². The minimum absolute atomic E-state index is 0.0445. The maximum Gasteiger partial charge on any atom is 0.223 e. The van der Waals surface area contributed by atoms with Gasteiger partial charge in [-0.3, -0.25) is 4.79 Å². The SMILES string of the molecule is CCCC(CC)C(=O)NCC(F)C(C)(C)OCCOCCOCCOCCNC. The van der Waals surface area contributed by atoms with Crippen LogP contribution in [0, 0.1) is 5.92 Å². The molecule has 2 unspecified atom stereocenters. The fourth-order valence-electron chi connectivity index (χ4n) is 2.62. The molecule has 0 bridgehead atoms. The summed E-state index contributed by atoms with van der Waals surface area (Å²) in [5.41, 5.74) is -0.996. The first-order valence-corrected chi connectivity index (χ1v) is 10.8. The summed E-state index contributed by atoms with van der Waals surface area (Å²) in [6.45, 7) is 11.5. The highest BCUT2D eigenvalue weighted by Crippen LogP contribution is 2.18. The summed E-state index contributed by atoms with van der Waals surface area (Å²) in [7, 11) is 1.88. The number of ether oxygens (including phenoxy) is 4. The maximum absolute atomic E-state index is 14.5. The molecule has 0 aromatic rings. The van der Waals surface area contributed by atoms with E-state index in [0.717, 1.165) is 25.8 Å². The van der Waals surface area contributed by atoms with Gasteiger partial charge in [-0.25, -0.2) is 4.39 Å². The molecule has 0 fully saturated rings. The number of hydrogen-bond donors (Lipinski definition) is 2. The van der Waals surface area contributed by atoms with Crippen LogP contribution in [0.4, 0.5) is 4.39 Å². The van der Waals surface area contributed by atoms with Gasteiger partial charge in [-0.05, 0) is 33.7 Å². The lowest BCUT2D eigenvalue weighted by Gasteiger charge is -2.29. The zero-order valence-electron chi connectivity index (χ0n) is 19.1. The number of carbonyl (C=O) groups excluding carboxylic acids is 1. The Morgan fingerprint density at radius 1 is 0.966 bits per heavy atom. The van der Waals surface area contributed by atoms with E-state index in [1.54, 1.807) is 13.8 Å². The van der Waals surface area contributed by atoms with Crippen molar-refractivity contribution in [2.45, 2.75) is 58.7 Å². The van der Waals surface area contributed by atoms with Crippen LogP contribution < -0.4 is 10.6 Å². The van der Waals surface area contributed by atoms with Gasteiger partial charge in [0, 0.05) is 12.5 Å². The zero-order valence-corrected chi connectivity index (χ0v) is 19.1. The predicted molar refractivity (Wildman–Crippen MR) is 113 cm³/mol. The molecule has 1 amide bonds. The number of rotatable bonds is 20. The summed E-state index contributed by atoms with van der Waals surface area (Å²) in [6, 6.07) is 0. The number of nitrogens with one attached hydrogen (secondary N) is 2. The van der Waals surface area contributed by atoms with Crippen LogP contribution >= 0.6 is 0 Å². The van der Waals surface area contributed by atoms with Gasteiger partial charge in [-0.2, -0.15) is 0 Å². The van der Waals surface area contributed by atoms with E-state index < -0.39 is 11.8 Å². The Hall–Kier alpha value is -0.800. The average Bonchev–Trinajstić information content (AvgIpc) is 2.70. The Bertz CT molecular complexity index is 399. The van der Waals surface area contributed by atoms with Gasteiger partial charge in [-0.15, -0.1) is 0 Å². The summed E-state index contributed by atoms with van der Waals surface area (Å²) >= 11 is 0. The maximum atomic E-state index is 14.5. The van der Waals surface area contributed by atoms with Crippen LogP contribution in [0.25, 0.3) is 0 Å². The number of halogens is 1. The normalized spacial score (nSPS) is 14.0. The molecule has 0 aliphatic rings. The second-order valence-corrected chi connectivity index (χ2v) is 7.50. The van der Waals surface area contributed by atoms with Crippen molar-refractivity contribution in [2.24, 2.45) is 5.92 Å². The minimum Gasteiger partial charge on any atom is -0.378 e. The van der Waals surface area contributed by atoms with E-state index >= 15 is 0 Å². The van der Waals surface area contributed by atoms with Gasteiger partial charge in [-0.1, -0.05) is 20.3 Å². The van der Waals surface area contributed by atoms with E-state index in [0.29, 0.717) is 39.6 Å². The lowest BCUT2D eigenvalue weighted by atomic mass is 9.99. The molecule has 174 valence electrons. The van der Waals surface area contributed by atoms with Gasteiger partial charge in [0.05, 0.1) is 58.4 Å². The molecule has 7 nitrogen and oxygen atoms in total. The minimum atomic E-state index is -1.29. The monoisotopic (exact) mass is 422 g/mol. The first-order chi connectivity index (χ1) is 13.9. The molecule has 0 rings (SSSR count). The lowest BCUT2D eigenvalue weighted by molar-refractivity contribution is -0.127. The Morgan fingerprint density at radius 2 is 1.52 bits per heavy atom. The highest BCUT2D eigenvalue weighted by Gasteiger charge is 2.31. The van der Waals surface area contributed by atoms with Gasteiger partial charge >= 0.3 is 0 Å². The number of hydrogen-bond acceptors (Lipinski definition) is 6. The molecule has 0 aromatic heterocycles. The van der Waals surface area contributed by atoms with Crippen LogP contribution in [0.5, 0.6) is 0 Å². The first kappa shape index (κ1) is 28.2. The number of amides is 1. The number of carbonyl (C=O) groups is 1. The molecule has 0 spiro atoms. The fourth-order valence-corrected chi connectivity index (χ4v) is 2.62. The first-order valence-electron chi connectivity index (χ1n) is 10.8. The smallest absolute Gasteiger partial charge is 0.223 e. The Morgan fingerprint density at radius 3 is 2.03 bits per heavy atom. The molecule has 2 atom stereocenters. The van der Waals surface area contributed by atoms with Crippen molar-refractivity contribution >= 4 is 5.91 Å². The third-order valence-corrected chi connectivity index (χ3v) is 4.65. The second-order valence-electron chi connectivity index (χ2n) is 7.50. The van der Waals surface area contributed by atoms with Crippen molar-refractivity contribution in [3.8, 4) is 0 Å². The largest absolute Gasteiger partial charge is 0.378 e. The van der Waals surface area contributed by atoms with Gasteiger partial charge in [0.25, 0.3) is 0 Å². The van der Waals surface area contributed by atoms with Crippen molar-refractivity contribution in [1.29, 1.82) is 0 Å². The molecule has 0 aromatic carbocycles. The number of alkyl halides is 1. The average molecular weight is 423 g/mol. The van der Waals surface area contributed by atoms with Crippen molar-refractivity contribution < 1.29 is 28.1 Å². The van der Waals surface area contributed by atoms with Crippen molar-refractivity contribution in [3.05, 3.63) is 0 Å². The number of likely N-dealkylation sites (N-methyl/N-ethyl adjacent to an activating group) is 1. The molecular formula is C21H43FN2O5. The zero-order chi connectivity index (χ0) is 22.0. The lowest BCUT2D eigenvalue weighted by Crippen LogP contribution is -2.45.